The normalized spacial score (nSPS) is 13.1. The summed E-state index contributed by atoms with van der Waals surface area (Å²) >= 11 is 0. The van der Waals surface area contributed by atoms with Crippen molar-refractivity contribution in [1.82, 2.24) is 0 Å². The van der Waals surface area contributed by atoms with Crippen molar-refractivity contribution in [1.29, 1.82) is 0 Å². The van der Waals surface area contributed by atoms with E-state index in [0.717, 1.165) is 0 Å². The van der Waals surface area contributed by atoms with Crippen LogP contribution in [0.5, 0.6) is 0 Å². The Hall–Kier alpha value is -0.530. The van der Waals surface area contributed by atoms with Gasteiger partial charge < -0.3 is 5.73 Å². The molecule has 57 heavy (non-hydrogen) atoms. The number of unbranched alkanes of at least 4 members (excludes halogenated alkanes) is 36. The molecule has 0 aliphatic carbocycles. The molecule has 340 valence electrons. The highest BCUT2D eigenvalue weighted by molar-refractivity contribution is 5.85. The molecule has 0 atom stereocenters. The molecule has 0 bridgehead atoms. The third-order valence-electron chi connectivity index (χ3n) is 12.6. The van der Waals surface area contributed by atoms with Gasteiger partial charge in [-0.2, -0.15) is 0 Å². The summed E-state index contributed by atoms with van der Waals surface area (Å²) in [6.45, 7) is 6.91. The summed E-state index contributed by atoms with van der Waals surface area (Å²) in [6, 6.07) is 0. The Morgan fingerprint density at radius 1 is 0.246 bits per heavy atom. The molecule has 2 heteroatoms. The summed E-state index contributed by atoms with van der Waals surface area (Å²) < 4.78 is 0. The molecule has 0 saturated carbocycles. The Labute approximate surface area is 368 Å². The van der Waals surface area contributed by atoms with Crippen LogP contribution in [0.4, 0.5) is 0 Å². The van der Waals surface area contributed by atoms with E-state index in [4.69, 9.17) is 5.73 Å². The van der Waals surface area contributed by atoms with Crippen LogP contribution >= 0.6 is 12.4 Å². The van der Waals surface area contributed by atoms with Gasteiger partial charge in [-0.1, -0.05) is 250 Å². The molecule has 2 N–H and O–H groups in total. The van der Waals surface area contributed by atoms with Crippen molar-refractivity contribution in [2.45, 2.75) is 315 Å². The molecule has 0 aromatic rings. The Bertz CT molecular complexity index is 696. The zero-order valence-electron chi connectivity index (χ0n) is 39.8. The molecule has 0 unspecified atom stereocenters. The first-order valence-electron chi connectivity index (χ1n) is 26.4. The molecule has 0 fully saturated rings. The molecule has 0 aromatic heterocycles. The second-order valence-corrected chi connectivity index (χ2v) is 18.4. The van der Waals surface area contributed by atoms with E-state index in [1.807, 2.05) is 0 Å². The van der Waals surface area contributed by atoms with Crippen molar-refractivity contribution in [2.24, 2.45) is 5.73 Å². The van der Waals surface area contributed by atoms with Gasteiger partial charge in [0, 0.05) is 5.54 Å². The zero-order chi connectivity index (χ0) is 40.6. The van der Waals surface area contributed by atoms with E-state index in [1.54, 1.807) is 0 Å². The molecule has 0 spiro atoms. The Kier molecular flexibility index (Phi) is 53.0. The zero-order valence-corrected chi connectivity index (χ0v) is 40.6. The van der Waals surface area contributed by atoms with Crippen molar-refractivity contribution in [3.8, 4) is 0 Å². The van der Waals surface area contributed by atoms with Crippen molar-refractivity contribution in [3.63, 3.8) is 0 Å². The van der Waals surface area contributed by atoms with Gasteiger partial charge >= 0.3 is 0 Å². The molecular formula is C55H108ClN. The van der Waals surface area contributed by atoms with Crippen LogP contribution < -0.4 is 5.73 Å². The van der Waals surface area contributed by atoms with E-state index in [0.29, 0.717) is 0 Å². The lowest BCUT2D eigenvalue weighted by Crippen LogP contribution is -2.39. The van der Waals surface area contributed by atoms with Crippen LogP contribution in [0.15, 0.2) is 36.5 Å². The molecule has 0 aromatic carbocycles. The van der Waals surface area contributed by atoms with Crippen LogP contribution in [0.25, 0.3) is 0 Å². The minimum Gasteiger partial charge on any atom is -0.325 e. The third-order valence-corrected chi connectivity index (χ3v) is 12.6. The van der Waals surface area contributed by atoms with E-state index >= 15 is 0 Å². The topological polar surface area (TPSA) is 26.0 Å². The first kappa shape index (κ1) is 58.6. The van der Waals surface area contributed by atoms with Crippen LogP contribution in [0.1, 0.15) is 310 Å². The standard InChI is InChI=1S/C55H107N.ClH/c1-4-7-10-13-16-19-22-25-28-31-34-37-40-43-46-49-52-55(56,53-50-47-44-41-38-35-32-29-26-23-20-17-14-11-8-5-2)54-51-48-45-42-39-36-33-30-27-24-21-18-15-12-9-6-3;/h25-30H,4-24,31-54,56H2,1-3H3;1H. The first-order chi connectivity index (χ1) is 27.7. The smallest absolute Gasteiger partial charge is 0.0154 e. The number of rotatable bonds is 48. The summed E-state index contributed by atoms with van der Waals surface area (Å²) in [5.41, 5.74) is 7.34. The summed E-state index contributed by atoms with van der Waals surface area (Å²) in [6.07, 6.45) is 76.5. The Morgan fingerprint density at radius 3 is 0.596 bits per heavy atom. The minimum absolute atomic E-state index is 0. The van der Waals surface area contributed by atoms with Crippen LogP contribution in [0, 0.1) is 0 Å². The summed E-state index contributed by atoms with van der Waals surface area (Å²) in [4.78, 5) is 0. The fourth-order valence-electron chi connectivity index (χ4n) is 8.55. The lowest BCUT2D eigenvalue weighted by Gasteiger charge is -2.30. The SMILES string of the molecule is CCCCCCCCC=CCCCCCCCCC(N)(CCCCCCCCC=CCCCCCCCC)CCCCCCCCC=CCCCCCCCC.Cl. The molecule has 0 aliphatic heterocycles. The quantitative estimate of drug-likeness (QED) is 0.0480. The van der Waals surface area contributed by atoms with Crippen molar-refractivity contribution in [3.05, 3.63) is 36.5 Å². The van der Waals surface area contributed by atoms with Crippen LogP contribution in [-0.2, 0) is 0 Å². The van der Waals surface area contributed by atoms with E-state index < -0.39 is 0 Å². The molecular weight excluding hydrogens is 710 g/mol. The monoisotopic (exact) mass is 818 g/mol. The second-order valence-electron chi connectivity index (χ2n) is 18.4. The van der Waals surface area contributed by atoms with Crippen LogP contribution in [-0.4, -0.2) is 5.54 Å². The average Bonchev–Trinajstić information content (AvgIpc) is 3.20. The van der Waals surface area contributed by atoms with E-state index in [1.165, 1.54) is 289 Å². The van der Waals surface area contributed by atoms with Crippen molar-refractivity contribution in [2.75, 3.05) is 0 Å². The molecule has 0 rings (SSSR count). The van der Waals surface area contributed by atoms with E-state index in [2.05, 4.69) is 57.2 Å². The maximum atomic E-state index is 7.26. The van der Waals surface area contributed by atoms with Crippen LogP contribution in [0.3, 0.4) is 0 Å². The highest BCUT2D eigenvalue weighted by atomic mass is 35.5. The van der Waals surface area contributed by atoms with Gasteiger partial charge in [0.05, 0.1) is 0 Å². The lowest BCUT2D eigenvalue weighted by molar-refractivity contribution is 0.302. The largest absolute Gasteiger partial charge is 0.325 e. The molecule has 0 radical (unpaired) electrons. The first-order valence-corrected chi connectivity index (χ1v) is 26.4. The number of halogens is 1. The van der Waals surface area contributed by atoms with Crippen molar-refractivity contribution >= 4 is 12.4 Å². The lowest BCUT2D eigenvalue weighted by atomic mass is 9.82. The molecule has 0 aliphatic rings. The van der Waals surface area contributed by atoms with Crippen molar-refractivity contribution < 1.29 is 0 Å². The van der Waals surface area contributed by atoms with Gasteiger partial charge in [-0.05, 0) is 96.3 Å². The average molecular weight is 819 g/mol. The summed E-state index contributed by atoms with van der Waals surface area (Å²) in [5.74, 6) is 0. The Morgan fingerprint density at radius 2 is 0.404 bits per heavy atom. The fourth-order valence-corrected chi connectivity index (χ4v) is 8.55. The number of hydrogen-bond donors (Lipinski definition) is 1. The second kappa shape index (κ2) is 51.6. The Balaban J connectivity index is 0. The maximum absolute atomic E-state index is 7.26. The van der Waals surface area contributed by atoms with Gasteiger partial charge in [0.1, 0.15) is 0 Å². The predicted molar refractivity (Wildman–Crippen MR) is 266 cm³/mol. The highest BCUT2D eigenvalue weighted by Gasteiger charge is 2.23. The van der Waals surface area contributed by atoms with Gasteiger partial charge in [0.15, 0.2) is 0 Å². The number of nitrogens with two attached hydrogens (primary N) is 1. The van der Waals surface area contributed by atoms with Crippen LogP contribution in [0.2, 0.25) is 0 Å². The highest BCUT2D eigenvalue weighted by Crippen LogP contribution is 2.27. The fraction of sp³-hybridized carbons (Fsp3) is 0.891. The van der Waals surface area contributed by atoms with E-state index in [-0.39, 0.29) is 17.9 Å². The third kappa shape index (κ3) is 49.7. The van der Waals surface area contributed by atoms with E-state index in [9.17, 15) is 0 Å². The predicted octanol–water partition coefficient (Wildman–Crippen LogP) is 20.4. The maximum Gasteiger partial charge on any atom is 0.0154 e. The molecule has 0 amide bonds. The van der Waals surface area contributed by atoms with Gasteiger partial charge in [-0.25, -0.2) is 0 Å². The van der Waals surface area contributed by atoms with Gasteiger partial charge in [-0.15, -0.1) is 12.4 Å². The molecule has 0 saturated heterocycles. The summed E-state index contributed by atoms with van der Waals surface area (Å²) in [7, 11) is 0. The minimum atomic E-state index is 0. The van der Waals surface area contributed by atoms with Gasteiger partial charge in [0.25, 0.3) is 0 Å². The van der Waals surface area contributed by atoms with Gasteiger partial charge in [-0.3, -0.25) is 0 Å². The van der Waals surface area contributed by atoms with Gasteiger partial charge in [0.2, 0.25) is 0 Å². The molecule has 0 heterocycles. The molecule has 1 nitrogen and oxygen atoms in total. The summed E-state index contributed by atoms with van der Waals surface area (Å²) in [5, 5.41) is 0. The number of allylic oxidation sites excluding steroid dienone is 6. The number of hydrogen-bond acceptors (Lipinski definition) is 1.